The number of hydrogen-bond donors (Lipinski definition) is 1. The number of benzene rings is 2. The summed E-state index contributed by atoms with van der Waals surface area (Å²) in [4.78, 5) is 28.8. The molecule has 0 aromatic heterocycles. The molecular formula is C33H49N3O4. The van der Waals surface area contributed by atoms with Crippen LogP contribution in [0.1, 0.15) is 78.6 Å². The average Bonchev–Trinajstić information content (AvgIpc) is 2.92. The number of rotatable bonds is 13. The summed E-state index contributed by atoms with van der Waals surface area (Å²) in [5.41, 5.74) is 2.38. The summed E-state index contributed by atoms with van der Waals surface area (Å²) < 4.78 is 11.2. The zero-order valence-corrected chi connectivity index (χ0v) is 25.0. The predicted molar refractivity (Wildman–Crippen MR) is 163 cm³/mol. The van der Waals surface area contributed by atoms with Gasteiger partial charge in [-0.3, -0.25) is 5.32 Å². The molecule has 2 amide bonds. The monoisotopic (exact) mass is 551 g/mol. The third-order valence-electron chi connectivity index (χ3n) is 7.23. The summed E-state index contributed by atoms with van der Waals surface area (Å²) in [6, 6.07) is 17.9. The van der Waals surface area contributed by atoms with E-state index in [1.54, 1.807) is 4.90 Å². The van der Waals surface area contributed by atoms with Crippen molar-refractivity contribution >= 4 is 17.9 Å². The summed E-state index contributed by atoms with van der Waals surface area (Å²) >= 11 is 0. The van der Waals surface area contributed by atoms with Crippen molar-refractivity contribution in [1.82, 2.24) is 9.80 Å². The normalized spacial score (nSPS) is 14.5. The molecule has 0 radical (unpaired) electrons. The third-order valence-corrected chi connectivity index (χ3v) is 7.23. The maximum absolute atomic E-state index is 12.6. The van der Waals surface area contributed by atoms with Crippen LogP contribution in [0.2, 0.25) is 0 Å². The fourth-order valence-electron chi connectivity index (χ4n) is 5.00. The number of para-hydroxylation sites is 1. The van der Waals surface area contributed by atoms with Gasteiger partial charge in [0.05, 0.1) is 5.69 Å². The Morgan fingerprint density at radius 3 is 2.15 bits per heavy atom. The molecule has 1 aliphatic heterocycles. The molecule has 0 atom stereocenters. The first-order valence-corrected chi connectivity index (χ1v) is 15.0. The number of hydrogen-bond acceptors (Lipinski definition) is 5. The van der Waals surface area contributed by atoms with Crippen LogP contribution in [0, 0.1) is 0 Å². The fraction of sp³-hybridized carbons (Fsp3) is 0.576. The molecule has 1 N–H and O–H groups in total. The van der Waals surface area contributed by atoms with Crippen molar-refractivity contribution < 1.29 is 19.1 Å². The molecule has 0 aliphatic carbocycles. The van der Waals surface area contributed by atoms with Gasteiger partial charge >= 0.3 is 12.2 Å². The van der Waals surface area contributed by atoms with Crippen molar-refractivity contribution in [3.05, 3.63) is 54.6 Å². The van der Waals surface area contributed by atoms with Crippen molar-refractivity contribution in [1.29, 1.82) is 0 Å². The summed E-state index contributed by atoms with van der Waals surface area (Å²) in [7, 11) is 1.81. The van der Waals surface area contributed by atoms with E-state index in [0.717, 1.165) is 68.7 Å². The van der Waals surface area contributed by atoms with Gasteiger partial charge in [-0.15, -0.1) is 0 Å². The molecule has 7 nitrogen and oxygen atoms in total. The standard InChI is InChI=1S/C33H49N3O4/c1-33(2,3)40-32(38)35(4)23-15-8-6-5-7-9-16-24-36-25-21-28(22-26-36)39-31(37)34-30-20-14-13-19-29(30)27-17-11-10-12-18-27/h10-14,17-20,28H,5-9,15-16,21-26H2,1-4H3,(H,34,37). The number of nitrogens with zero attached hydrogens (tertiary/aromatic N) is 2. The van der Waals surface area contributed by atoms with Gasteiger partial charge in [0, 0.05) is 32.2 Å². The minimum atomic E-state index is -0.443. The molecule has 1 saturated heterocycles. The quantitative estimate of drug-likeness (QED) is 0.256. The van der Waals surface area contributed by atoms with Gasteiger partial charge in [-0.25, -0.2) is 9.59 Å². The van der Waals surface area contributed by atoms with Gasteiger partial charge < -0.3 is 19.3 Å². The van der Waals surface area contributed by atoms with E-state index in [4.69, 9.17) is 9.47 Å². The van der Waals surface area contributed by atoms with E-state index in [-0.39, 0.29) is 18.3 Å². The number of likely N-dealkylation sites (tertiary alicyclic amines) is 1. The van der Waals surface area contributed by atoms with Gasteiger partial charge in [-0.2, -0.15) is 0 Å². The van der Waals surface area contributed by atoms with Gasteiger partial charge in [0.25, 0.3) is 0 Å². The lowest BCUT2D eigenvalue weighted by atomic mass is 10.0. The Balaban J connectivity index is 1.21. The summed E-state index contributed by atoms with van der Waals surface area (Å²) in [5, 5.41) is 2.95. The highest BCUT2D eigenvalue weighted by Gasteiger charge is 2.22. The van der Waals surface area contributed by atoms with Gasteiger partial charge in [0.1, 0.15) is 11.7 Å². The highest BCUT2D eigenvalue weighted by molar-refractivity contribution is 5.91. The molecule has 2 aromatic carbocycles. The van der Waals surface area contributed by atoms with Crippen LogP contribution in [0.3, 0.4) is 0 Å². The number of piperidine rings is 1. The fourth-order valence-corrected chi connectivity index (χ4v) is 5.00. The van der Waals surface area contributed by atoms with Crippen LogP contribution in [0.4, 0.5) is 15.3 Å². The van der Waals surface area contributed by atoms with Gasteiger partial charge in [-0.1, -0.05) is 80.6 Å². The zero-order chi connectivity index (χ0) is 28.8. The van der Waals surface area contributed by atoms with Crippen LogP contribution in [0.5, 0.6) is 0 Å². The molecule has 40 heavy (non-hydrogen) atoms. The lowest BCUT2D eigenvalue weighted by Crippen LogP contribution is -2.38. The average molecular weight is 552 g/mol. The first-order chi connectivity index (χ1) is 19.2. The second-order valence-corrected chi connectivity index (χ2v) is 11.9. The van der Waals surface area contributed by atoms with E-state index in [2.05, 4.69) is 10.2 Å². The summed E-state index contributed by atoms with van der Waals surface area (Å²) in [5.74, 6) is 0. The number of ether oxygens (including phenoxy) is 2. The van der Waals surface area contributed by atoms with Crippen molar-refractivity contribution in [3.8, 4) is 11.1 Å². The number of carbonyl (C=O) groups excluding carboxylic acids is 2. The van der Waals surface area contributed by atoms with E-state index >= 15 is 0 Å². The smallest absolute Gasteiger partial charge is 0.411 e. The van der Waals surface area contributed by atoms with Crippen LogP contribution in [0.15, 0.2) is 54.6 Å². The van der Waals surface area contributed by atoms with E-state index in [1.165, 1.54) is 32.1 Å². The minimum Gasteiger partial charge on any atom is -0.446 e. The van der Waals surface area contributed by atoms with Crippen molar-refractivity contribution in [3.63, 3.8) is 0 Å². The summed E-state index contributed by atoms with van der Waals surface area (Å²) in [6.45, 7) is 9.49. The number of unbranched alkanes of at least 4 members (excludes halogenated alkanes) is 6. The molecule has 0 unspecified atom stereocenters. The number of anilines is 1. The highest BCUT2D eigenvalue weighted by Crippen LogP contribution is 2.28. The van der Waals surface area contributed by atoms with Gasteiger partial charge in [-0.05, 0) is 64.6 Å². The first kappa shape index (κ1) is 31.5. The molecular weight excluding hydrogens is 502 g/mol. The number of amides is 2. The minimum absolute atomic E-state index is 0.0329. The molecule has 7 heteroatoms. The number of carbonyl (C=O) groups is 2. The van der Waals surface area contributed by atoms with Crippen LogP contribution in [-0.2, 0) is 9.47 Å². The van der Waals surface area contributed by atoms with Crippen LogP contribution < -0.4 is 5.32 Å². The topological polar surface area (TPSA) is 71.1 Å². The Kier molecular flexibility index (Phi) is 12.8. The second kappa shape index (κ2) is 16.3. The van der Waals surface area contributed by atoms with Crippen LogP contribution in [0.25, 0.3) is 11.1 Å². The lowest BCUT2D eigenvalue weighted by molar-refractivity contribution is 0.0296. The molecule has 2 aromatic rings. The molecule has 0 saturated carbocycles. The summed E-state index contributed by atoms with van der Waals surface area (Å²) in [6.07, 6.45) is 9.45. The molecule has 0 bridgehead atoms. The molecule has 220 valence electrons. The largest absolute Gasteiger partial charge is 0.446 e. The van der Waals surface area contributed by atoms with Crippen LogP contribution in [-0.4, -0.2) is 66.9 Å². The third kappa shape index (κ3) is 11.6. The Bertz CT molecular complexity index is 1030. The van der Waals surface area contributed by atoms with Crippen LogP contribution >= 0.6 is 0 Å². The van der Waals surface area contributed by atoms with Crippen molar-refractivity contribution in [2.24, 2.45) is 0 Å². The lowest BCUT2D eigenvalue weighted by Gasteiger charge is -2.31. The van der Waals surface area contributed by atoms with Crippen molar-refractivity contribution in [2.75, 3.05) is 38.5 Å². The zero-order valence-electron chi connectivity index (χ0n) is 25.0. The maximum atomic E-state index is 12.6. The Morgan fingerprint density at radius 1 is 0.875 bits per heavy atom. The predicted octanol–water partition coefficient (Wildman–Crippen LogP) is 7.96. The molecule has 3 rings (SSSR count). The van der Waals surface area contributed by atoms with Gasteiger partial charge in [0.15, 0.2) is 0 Å². The maximum Gasteiger partial charge on any atom is 0.411 e. The van der Waals surface area contributed by atoms with Gasteiger partial charge in [0.2, 0.25) is 0 Å². The Morgan fingerprint density at radius 2 is 1.48 bits per heavy atom. The van der Waals surface area contributed by atoms with E-state index in [1.807, 2.05) is 82.4 Å². The second-order valence-electron chi connectivity index (χ2n) is 11.9. The molecule has 1 heterocycles. The first-order valence-electron chi connectivity index (χ1n) is 15.0. The highest BCUT2D eigenvalue weighted by atomic mass is 16.6. The van der Waals surface area contributed by atoms with E-state index in [0.29, 0.717) is 0 Å². The molecule has 1 fully saturated rings. The van der Waals surface area contributed by atoms with E-state index < -0.39 is 5.60 Å². The number of nitrogens with one attached hydrogen (secondary N) is 1. The molecule has 1 aliphatic rings. The Labute approximate surface area is 241 Å². The molecule has 0 spiro atoms. The Hall–Kier alpha value is -3.06. The SMILES string of the molecule is CN(CCCCCCCCCN1CCC(OC(=O)Nc2ccccc2-c2ccccc2)CC1)C(=O)OC(C)(C)C. The van der Waals surface area contributed by atoms with Crippen molar-refractivity contribution in [2.45, 2.75) is 90.3 Å². The van der Waals surface area contributed by atoms with E-state index in [9.17, 15) is 9.59 Å².